The van der Waals surface area contributed by atoms with E-state index in [1.165, 1.54) is 17.7 Å². The number of aliphatic hydroxyl groups excluding tert-OH is 1. The highest BCUT2D eigenvalue weighted by molar-refractivity contribution is 7.98. The summed E-state index contributed by atoms with van der Waals surface area (Å²) < 4.78 is 5.50. The van der Waals surface area contributed by atoms with Crippen LogP contribution >= 0.6 is 24.2 Å². The van der Waals surface area contributed by atoms with Crippen LogP contribution in [-0.4, -0.2) is 47.5 Å². The summed E-state index contributed by atoms with van der Waals surface area (Å²) >= 11 is 1.74. The Balaban J connectivity index is 0.00000259. The van der Waals surface area contributed by atoms with Gasteiger partial charge in [0.2, 0.25) is 0 Å². The molecule has 3 saturated heterocycles. The second kappa shape index (κ2) is 10.2. The molecule has 4 heterocycles. The van der Waals surface area contributed by atoms with Gasteiger partial charge in [0.05, 0.1) is 24.4 Å². The Morgan fingerprint density at radius 3 is 2.61 bits per heavy atom. The van der Waals surface area contributed by atoms with E-state index in [1.807, 2.05) is 18.2 Å². The van der Waals surface area contributed by atoms with E-state index in [2.05, 4.69) is 48.4 Å². The molecule has 6 heteroatoms. The lowest BCUT2D eigenvalue weighted by Crippen LogP contribution is -2.55. The number of aliphatic hydroxyl groups is 1. The predicted molar refractivity (Wildman–Crippen MR) is 140 cm³/mol. The van der Waals surface area contributed by atoms with Crippen LogP contribution in [-0.2, 0) is 0 Å². The van der Waals surface area contributed by atoms with Crippen molar-refractivity contribution < 1.29 is 9.84 Å². The van der Waals surface area contributed by atoms with Gasteiger partial charge in [-0.3, -0.25) is 4.90 Å². The van der Waals surface area contributed by atoms with Gasteiger partial charge in [0.15, 0.2) is 0 Å². The zero-order valence-corrected chi connectivity index (χ0v) is 21.2. The molecule has 3 aliphatic rings. The molecular weight excluding hydrogens is 452 g/mol. The summed E-state index contributed by atoms with van der Waals surface area (Å²) in [5, 5.41) is 12.7. The van der Waals surface area contributed by atoms with E-state index in [9.17, 15) is 5.11 Å². The highest BCUT2D eigenvalue weighted by atomic mass is 35.5. The molecule has 176 valence electrons. The molecular formula is C27H33ClN2O2S. The molecule has 0 aliphatic carbocycles. The topological polar surface area (TPSA) is 45.6 Å². The van der Waals surface area contributed by atoms with Gasteiger partial charge in [0.1, 0.15) is 5.75 Å². The first-order chi connectivity index (χ1) is 15.6. The van der Waals surface area contributed by atoms with Gasteiger partial charge in [-0.05, 0) is 79.4 Å². The van der Waals surface area contributed by atoms with Gasteiger partial charge in [0, 0.05) is 28.4 Å². The van der Waals surface area contributed by atoms with E-state index in [0.29, 0.717) is 0 Å². The smallest absolute Gasteiger partial charge is 0.119 e. The van der Waals surface area contributed by atoms with Crippen molar-refractivity contribution in [3.05, 3.63) is 54.1 Å². The molecule has 0 saturated carbocycles. The van der Waals surface area contributed by atoms with E-state index in [-0.39, 0.29) is 18.4 Å². The number of hydrogen-bond acceptors (Lipinski definition) is 5. The number of thioether (sulfide) groups is 1. The van der Waals surface area contributed by atoms with Gasteiger partial charge in [0.25, 0.3) is 0 Å². The third-order valence-electron chi connectivity index (χ3n) is 7.58. The highest BCUT2D eigenvalue weighted by Gasteiger charge is 2.42. The number of hydrogen-bond donors (Lipinski definition) is 1. The van der Waals surface area contributed by atoms with Crippen molar-refractivity contribution >= 4 is 35.1 Å². The van der Waals surface area contributed by atoms with Crippen LogP contribution in [0.15, 0.2) is 53.4 Å². The van der Waals surface area contributed by atoms with Gasteiger partial charge in [-0.2, -0.15) is 0 Å². The van der Waals surface area contributed by atoms with Crippen LogP contribution in [0.3, 0.4) is 0 Å². The first-order valence-corrected chi connectivity index (χ1v) is 12.9. The molecule has 2 unspecified atom stereocenters. The Bertz CT molecular complexity index is 1110. The fourth-order valence-electron chi connectivity index (χ4n) is 5.69. The van der Waals surface area contributed by atoms with E-state index < -0.39 is 6.10 Å². The minimum absolute atomic E-state index is 0. The molecule has 4 nitrogen and oxygen atoms in total. The van der Waals surface area contributed by atoms with Crippen LogP contribution in [0.1, 0.15) is 37.9 Å². The van der Waals surface area contributed by atoms with E-state index in [0.717, 1.165) is 64.8 Å². The summed E-state index contributed by atoms with van der Waals surface area (Å²) in [4.78, 5) is 8.71. The van der Waals surface area contributed by atoms with Crippen LogP contribution in [0.2, 0.25) is 0 Å². The van der Waals surface area contributed by atoms with Crippen molar-refractivity contribution in [2.45, 2.75) is 43.2 Å². The molecule has 2 bridgehead atoms. The minimum atomic E-state index is -0.544. The Hall–Kier alpha value is -1.79. The van der Waals surface area contributed by atoms with E-state index in [1.54, 1.807) is 18.9 Å². The quantitative estimate of drug-likeness (QED) is 0.421. The molecule has 6 rings (SSSR count). The summed E-state index contributed by atoms with van der Waals surface area (Å²) in [6, 6.07) is 16.7. The largest absolute Gasteiger partial charge is 0.497 e. The zero-order valence-electron chi connectivity index (χ0n) is 19.5. The molecule has 1 aromatic heterocycles. The van der Waals surface area contributed by atoms with Gasteiger partial charge >= 0.3 is 0 Å². The van der Waals surface area contributed by atoms with Crippen LogP contribution in [0, 0.1) is 11.8 Å². The van der Waals surface area contributed by atoms with Crippen molar-refractivity contribution in [2.24, 2.45) is 11.8 Å². The summed E-state index contributed by atoms with van der Waals surface area (Å²) in [5.74, 6) is 2.29. The van der Waals surface area contributed by atoms with Gasteiger partial charge < -0.3 is 9.84 Å². The Labute approximate surface area is 207 Å². The molecule has 1 N–H and O–H groups in total. The number of fused-ring (bicyclic) bond motifs is 4. The number of halogens is 1. The van der Waals surface area contributed by atoms with Gasteiger partial charge in [-0.15, -0.1) is 24.2 Å². The number of aromatic nitrogens is 1. The monoisotopic (exact) mass is 484 g/mol. The molecule has 0 amide bonds. The summed E-state index contributed by atoms with van der Waals surface area (Å²) in [7, 11) is 1.68. The van der Waals surface area contributed by atoms with Crippen molar-refractivity contribution in [1.29, 1.82) is 0 Å². The lowest BCUT2D eigenvalue weighted by molar-refractivity contribution is -0.0562. The van der Waals surface area contributed by atoms with Crippen molar-refractivity contribution in [3.63, 3.8) is 0 Å². The van der Waals surface area contributed by atoms with Gasteiger partial charge in [-0.1, -0.05) is 25.5 Å². The van der Waals surface area contributed by atoms with Crippen LogP contribution in [0.25, 0.3) is 22.2 Å². The number of benzene rings is 2. The van der Waals surface area contributed by atoms with Crippen LogP contribution < -0.4 is 4.74 Å². The maximum atomic E-state index is 11.7. The summed E-state index contributed by atoms with van der Waals surface area (Å²) in [5.41, 5.74) is 3.84. The number of nitrogens with zero attached hydrogens (tertiary/aromatic N) is 2. The van der Waals surface area contributed by atoms with Crippen LogP contribution in [0.4, 0.5) is 0 Å². The Morgan fingerprint density at radius 2 is 1.97 bits per heavy atom. The van der Waals surface area contributed by atoms with Gasteiger partial charge in [-0.25, -0.2) is 4.98 Å². The molecule has 3 aromatic rings. The molecule has 2 aromatic carbocycles. The summed E-state index contributed by atoms with van der Waals surface area (Å²) in [6.45, 7) is 4.51. The molecule has 0 spiro atoms. The average molecular weight is 485 g/mol. The normalized spacial score (nSPS) is 25.0. The highest BCUT2D eigenvalue weighted by Crippen LogP contribution is 2.43. The lowest BCUT2D eigenvalue weighted by Gasteiger charge is -2.51. The maximum Gasteiger partial charge on any atom is 0.119 e. The first-order valence-electron chi connectivity index (χ1n) is 11.7. The van der Waals surface area contributed by atoms with Crippen molar-refractivity contribution in [1.82, 2.24) is 9.88 Å². The third-order valence-corrected chi connectivity index (χ3v) is 8.32. The third kappa shape index (κ3) is 4.61. The van der Waals surface area contributed by atoms with Crippen molar-refractivity contribution in [2.75, 3.05) is 26.5 Å². The number of methoxy groups -OCH3 is 1. The Kier molecular flexibility index (Phi) is 7.54. The zero-order chi connectivity index (χ0) is 22.2. The predicted octanol–water partition coefficient (Wildman–Crippen LogP) is 6.21. The fraction of sp³-hybridized carbons (Fsp3) is 0.444. The number of ether oxygens (including phenoxy) is 1. The standard InChI is InChI=1S/C27H32N2O2S.ClH/c1-4-17-16-29-12-11-19(17)13-26(29)27(30)23-15-25(18-5-8-21(32-3)9-6-18)28-24-10-7-20(31-2)14-22(23)24;/h5-10,14-15,17,19,26-27,30H,4,11-13,16H2,1-3H3;1H/t17-,19-,26?,27+;/m0./s1. The molecule has 3 aliphatic heterocycles. The molecule has 33 heavy (non-hydrogen) atoms. The van der Waals surface area contributed by atoms with E-state index >= 15 is 0 Å². The molecule has 0 radical (unpaired) electrons. The average Bonchev–Trinajstić information content (AvgIpc) is 2.87. The number of rotatable bonds is 6. The second-order valence-corrected chi connectivity index (χ2v) is 10.0. The first kappa shape index (κ1) is 24.3. The fourth-order valence-corrected chi connectivity index (χ4v) is 6.10. The maximum absolute atomic E-state index is 11.7. The Morgan fingerprint density at radius 1 is 1.18 bits per heavy atom. The van der Waals surface area contributed by atoms with Crippen LogP contribution in [0.5, 0.6) is 5.75 Å². The molecule has 3 fully saturated rings. The molecule has 5 atom stereocenters. The second-order valence-electron chi connectivity index (χ2n) is 9.17. The van der Waals surface area contributed by atoms with Crippen molar-refractivity contribution in [3.8, 4) is 17.0 Å². The van der Waals surface area contributed by atoms with E-state index in [4.69, 9.17) is 9.72 Å². The minimum Gasteiger partial charge on any atom is -0.497 e. The number of pyridine rings is 1. The SMILES string of the molecule is CC[C@H]1CN2CC[C@H]1CC2[C@H](O)c1cc(-c2ccc(SC)cc2)nc2ccc(OC)cc12.Cl. The lowest BCUT2D eigenvalue weighted by atomic mass is 9.72. The summed E-state index contributed by atoms with van der Waals surface area (Å²) in [6.07, 6.45) is 5.11. The number of piperidine rings is 3.